The highest BCUT2D eigenvalue weighted by molar-refractivity contribution is 6.74. The maximum atomic E-state index is 11.6. The van der Waals surface area contributed by atoms with Crippen LogP contribution in [0.25, 0.3) is 0 Å². The summed E-state index contributed by atoms with van der Waals surface area (Å²) in [5.74, 6) is 5.04. The average molecular weight is 337 g/mol. The van der Waals surface area contributed by atoms with Crippen molar-refractivity contribution in [3.63, 3.8) is 0 Å². The molecular weight excluding hydrogens is 304 g/mol. The van der Waals surface area contributed by atoms with Crippen molar-refractivity contribution in [1.29, 1.82) is 0 Å². The van der Waals surface area contributed by atoms with Crippen LogP contribution in [-0.2, 0) is 14.0 Å². The van der Waals surface area contributed by atoms with E-state index in [1.807, 2.05) is 32.9 Å². The number of carbonyl (C=O) groups is 1. The number of ether oxygens (including phenoxy) is 1. The molecule has 0 rings (SSSR count). The third-order valence-electron chi connectivity index (χ3n) is 4.10. The third-order valence-corrected chi connectivity index (χ3v) is 8.53. The molecule has 0 saturated heterocycles. The van der Waals surface area contributed by atoms with Crippen molar-refractivity contribution in [2.75, 3.05) is 6.61 Å². The minimum Gasteiger partial charge on any atom is -0.456 e. The Kier molecular flexibility index (Phi) is 8.07. The van der Waals surface area contributed by atoms with E-state index in [0.717, 1.165) is 0 Å². The molecule has 130 valence electrons. The van der Waals surface area contributed by atoms with Gasteiger partial charge in [0.25, 0.3) is 0 Å². The first-order valence-corrected chi connectivity index (χ1v) is 11.0. The van der Waals surface area contributed by atoms with E-state index in [1.165, 1.54) is 0 Å². The van der Waals surface area contributed by atoms with Crippen molar-refractivity contribution < 1.29 is 14.0 Å². The Bertz CT molecular complexity index is 521. The number of esters is 1. The van der Waals surface area contributed by atoms with Crippen molar-refractivity contribution in [3.05, 3.63) is 17.9 Å². The van der Waals surface area contributed by atoms with Gasteiger partial charge in [0.05, 0.1) is 6.61 Å². The molecule has 0 saturated carbocycles. The second-order valence-corrected chi connectivity index (χ2v) is 12.4. The SMILES string of the molecule is CC=C=CC(C)(C)C(C#CC(=O)OCC)O[Si](C)(C)C(C)(C)C. The molecule has 0 N–H and O–H groups in total. The molecule has 3 nitrogen and oxygen atoms in total. The Morgan fingerprint density at radius 1 is 1.22 bits per heavy atom. The van der Waals surface area contributed by atoms with Crippen molar-refractivity contribution >= 4 is 14.3 Å². The normalized spacial score (nSPS) is 13.3. The van der Waals surface area contributed by atoms with Crippen molar-refractivity contribution in [2.24, 2.45) is 5.41 Å². The Morgan fingerprint density at radius 3 is 2.22 bits per heavy atom. The van der Waals surface area contributed by atoms with E-state index in [-0.39, 0.29) is 16.6 Å². The van der Waals surface area contributed by atoms with Crippen LogP contribution in [0, 0.1) is 17.3 Å². The largest absolute Gasteiger partial charge is 0.456 e. The van der Waals surface area contributed by atoms with Gasteiger partial charge in [-0.05, 0) is 44.1 Å². The van der Waals surface area contributed by atoms with E-state index >= 15 is 0 Å². The molecule has 0 aliphatic carbocycles. The highest BCUT2D eigenvalue weighted by atomic mass is 28.4. The van der Waals surface area contributed by atoms with Gasteiger partial charge in [0.2, 0.25) is 0 Å². The lowest BCUT2D eigenvalue weighted by Crippen LogP contribution is -2.47. The summed E-state index contributed by atoms with van der Waals surface area (Å²) in [5, 5.41) is 0.0667. The van der Waals surface area contributed by atoms with Crippen LogP contribution in [-0.4, -0.2) is 27.0 Å². The molecule has 4 heteroatoms. The highest BCUT2D eigenvalue weighted by Crippen LogP contribution is 2.39. The van der Waals surface area contributed by atoms with Gasteiger partial charge >= 0.3 is 5.97 Å². The van der Waals surface area contributed by atoms with Gasteiger partial charge in [-0.25, -0.2) is 4.79 Å². The molecule has 0 aromatic heterocycles. The minimum absolute atomic E-state index is 0.0667. The third kappa shape index (κ3) is 7.22. The molecule has 0 aromatic carbocycles. The summed E-state index contributed by atoms with van der Waals surface area (Å²) in [6.07, 6.45) is 3.41. The first-order chi connectivity index (χ1) is 10.4. The van der Waals surface area contributed by atoms with Gasteiger partial charge in [-0.2, -0.15) is 0 Å². The summed E-state index contributed by atoms with van der Waals surface area (Å²) in [6.45, 7) is 19.0. The summed E-state index contributed by atoms with van der Waals surface area (Å²) < 4.78 is 11.4. The highest BCUT2D eigenvalue weighted by Gasteiger charge is 2.41. The predicted octanol–water partition coefficient (Wildman–Crippen LogP) is 4.70. The van der Waals surface area contributed by atoms with E-state index in [0.29, 0.717) is 6.61 Å². The molecule has 0 aliphatic rings. The van der Waals surface area contributed by atoms with Crippen LogP contribution in [0.2, 0.25) is 18.1 Å². The topological polar surface area (TPSA) is 35.5 Å². The minimum atomic E-state index is -2.02. The summed E-state index contributed by atoms with van der Waals surface area (Å²) in [7, 11) is -2.02. The fraction of sp³-hybridized carbons (Fsp3) is 0.684. The molecule has 23 heavy (non-hydrogen) atoms. The van der Waals surface area contributed by atoms with Gasteiger partial charge in [-0.1, -0.05) is 40.5 Å². The summed E-state index contributed by atoms with van der Waals surface area (Å²) >= 11 is 0. The van der Waals surface area contributed by atoms with Gasteiger partial charge in [-0.15, -0.1) is 5.73 Å². The molecule has 0 bridgehead atoms. The second-order valence-electron chi connectivity index (χ2n) is 7.67. The molecular formula is C19H32O3Si. The van der Waals surface area contributed by atoms with Crippen LogP contribution in [0.4, 0.5) is 0 Å². The standard InChI is InChI=1S/C19H32O3Si/c1-10-12-15-19(6,7)16(13-14-17(20)21-11-2)22-23(8,9)18(3,4)5/h10,15-16H,11H2,1-9H3. The van der Waals surface area contributed by atoms with Gasteiger partial charge in [0, 0.05) is 11.3 Å². The summed E-state index contributed by atoms with van der Waals surface area (Å²) in [6, 6.07) is 0. The van der Waals surface area contributed by atoms with Gasteiger partial charge in [0.15, 0.2) is 8.32 Å². The molecule has 0 fully saturated rings. The average Bonchev–Trinajstić information content (AvgIpc) is 2.40. The maximum absolute atomic E-state index is 11.6. The van der Waals surface area contributed by atoms with Crippen LogP contribution in [0.1, 0.15) is 48.5 Å². The smallest absolute Gasteiger partial charge is 0.384 e. The van der Waals surface area contributed by atoms with Crippen LogP contribution in [0.15, 0.2) is 17.9 Å². The van der Waals surface area contributed by atoms with Gasteiger partial charge in [-0.3, -0.25) is 0 Å². The van der Waals surface area contributed by atoms with E-state index in [1.54, 1.807) is 6.92 Å². The molecule has 0 aromatic rings. The van der Waals surface area contributed by atoms with Crippen molar-refractivity contribution in [2.45, 2.75) is 72.7 Å². The van der Waals surface area contributed by atoms with Crippen LogP contribution in [0.5, 0.6) is 0 Å². The molecule has 0 spiro atoms. The van der Waals surface area contributed by atoms with E-state index in [2.05, 4.69) is 51.4 Å². The Hall–Kier alpha value is -1.27. The van der Waals surface area contributed by atoms with Crippen molar-refractivity contribution in [1.82, 2.24) is 0 Å². The quantitative estimate of drug-likeness (QED) is 0.240. The Morgan fingerprint density at radius 2 is 1.78 bits per heavy atom. The van der Waals surface area contributed by atoms with E-state index < -0.39 is 14.3 Å². The van der Waals surface area contributed by atoms with E-state index in [9.17, 15) is 4.79 Å². The molecule has 1 atom stereocenters. The molecule has 0 aliphatic heterocycles. The fourth-order valence-electron chi connectivity index (χ4n) is 1.50. The zero-order valence-electron chi connectivity index (χ0n) is 16.2. The fourth-order valence-corrected chi connectivity index (χ4v) is 2.81. The second kappa shape index (κ2) is 8.54. The molecule has 0 heterocycles. The Labute approximate surface area is 143 Å². The monoisotopic (exact) mass is 336 g/mol. The first-order valence-electron chi connectivity index (χ1n) is 8.11. The van der Waals surface area contributed by atoms with Crippen molar-refractivity contribution in [3.8, 4) is 11.8 Å². The molecule has 0 amide bonds. The lowest BCUT2D eigenvalue weighted by atomic mass is 9.87. The molecule has 1 unspecified atom stereocenters. The van der Waals surface area contributed by atoms with Crippen LogP contribution in [0.3, 0.4) is 0 Å². The maximum Gasteiger partial charge on any atom is 0.384 e. The summed E-state index contributed by atoms with van der Waals surface area (Å²) in [4.78, 5) is 11.6. The zero-order chi connectivity index (χ0) is 18.3. The zero-order valence-corrected chi connectivity index (χ0v) is 17.2. The lowest BCUT2D eigenvalue weighted by Gasteiger charge is -2.41. The number of hydrogen-bond donors (Lipinski definition) is 0. The summed E-state index contributed by atoms with van der Waals surface area (Å²) in [5.41, 5.74) is 2.75. The molecule has 0 radical (unpaired) electrons. The predicted molar refractivity (Wildman–Crippen MR) is 98.6 cm³/mol. The van der Waals surface area contributed by atoms with Crippen LogP contribution >= 0.6 is 0 Å². The number of hydrogen-bond acceptors (Lipinski definition) is 3. The van der Waals surface area contributed by atoms with E-state index in [4.69, 9.17) is 9.16 Å². The Balaban J connectivity index is 5.65. The first kappa shape index (κ1) is 21.7. The number of rotatable bonds is 5. The lowest BCUT2D eigenvalue weighted by molar-refractivity contribution is -0.136. The van der Waals surface area contributed by atoms with Crippen LogP contribution < -0.4 is 0 Å². The number of carbonyl (C=O) groups excluding carboxylic acids is 1. The van der Waals surface area contributed by atoms with Gasteiger partial charge in [0.1, 0.15) is 6.10 Å². The van der Waals surface area contributed by atoms with Gasteiger partial charge < -0.3 is 9.16 Å².